The molecule has 4 rings (SSSR count). The van der Waals surface area contributed by atoms with Crippen molar-refractivity contribution in [1.29, 1.82) is 0 Å². The van der Waals surface area contributed by atoms with Crippen LogP contribution in [0.15, 0.2) is 95.8 Å². The van der Waals surface area contributed by atoms with Crippen molar-refractivity contribution in [1.82, 2.24) is 0 Å². The third kappa shape index (κ3) is 3.75. The summed E-state index contributed by atoms with van der Waals surface area (Å²) in [5.41, 5.74) is 7.05. The van der Waals surface area contributed by atoms with Crippen molar-refractivity contribution in [2.75, 3.05) is 0 Å². The van der Waals surface area contributed by atoms with Crippen molar-refractivity contribution in [3.63, 3.8) is 0 Å². The second kappa shape index (κ2) is 8.29. The third-order valence-electron chi connectivity index (χ3n) is 5.36. The standard InChI is InChI=1S/C27H27P/c1-4-25-26(22-18-20(2)17-21(3)19-22)15-16-27(25)28(23-11-7-5-8-12-23)24-13-9-6-10-14-24/h5-15,17-19H,4,16H2,1-3H3. The molecule has 0 saturated carbocycles. The Morgan fingerprint density at radius 3 is 1.79 bits per heavy atom. The minimum absolute atomic E-state index is 0.502. The SMILES string of the molecule is CCC1=C(P(c2ccccc2)c2ccccc2)CC=C1c1cc(C)cc(C)c1. The molecule has 0 aliphatic heterocycles. The molecule has 28 heavy (non-hydrogen) atoms. The Balaban J connectivity index is 1.84. The minimum atomic E-state index is -0.502. The summed E-state index contributed by atoms with van der Waals surface area (Å²) in [5.74, 6) is 0. The minimum Gasteiger partial charge on any atom is -0.0719 e. The first kappa shape index (κ1) is 18.9. The maximum Gasteiger partial charge on any atom is -0.00744 e. The Morgan fingerprint density at radius 1 is 0.750 bits per heavy atom. The molecule has 3 aromatic rings. The first-order valence-electron chi connectivity index (χ1n) is 10.1. The van der Waals surface area contributed by atoms with Gasteiger partial charge in [0.25, 0.3) is 0 Å². The Bertz CT molecular complexity index is 967. The zero-order chi connectivity index (χ0) is 19.5. The van der Waals surface area contributed by atoms with E-state index < -0.39 is 7.92 Å². The fourth-order valence-corrected chi connectivity index (χ4v) is 6.94. The lowest BCUT2D eigenvalue weighted by Crippen LogP contribution is -2.13. The summed E-state index contributed by atoms with van der Waals surface area (Å²) in [7, 11) is -0.502. The van der Waals surface area contributed by atoms with Crippen LogP contribution in [0.4, 0.5) is 0 Å². The third-order valence-corrected chi connectivity index (χ3v) is 7.98. The van der Waals surface area contributed by atoms with Crippen molar-refractivity contribution in [2.45, 2.75) is 33.6 Å². The molecule has 0 N–H and O–H groups in total. The summed E-state index contributed by atoms with van der Waals surface area (Å²) < 4.78 is 0. The van der Waals surface area contributed by atoms with Crippen LogP contribution in [-0.2, 0) is 0 Å². The molecule has 1 heteroatoms. The quantitative estimate of drug-likeness (QED) is 0.422. The van der Waals surface area contributed by atoms with Gasteiger partial charge in [-0.2, -0.15) is 0 Å². The van der Waals surface area contributed by atoms with Gasteiger partial charge in [-0.25, -0.2) is 0 Å². The number of allylic oxidation sites excluding steroid dienone is 4. The molecule has 0 atom stereocenters. The topological polar surface area (TPSA) is 0 Å². The molecular formula is C27H27P. The number of hydrogen-bond donors (Lipinski definition) is 0. The Kier molecular flexibility index (Phi) is 5.60. The van der Waals surface area contributed by atoms with Crippen molar-refractivity contribution >= 4 is 24.1 Å². The van der Waals surface area contributed by atoms with Gasteiger partial charge in [0.15, 0.2) is 0 Å². The monoisotopic (exact) mass is 382 g/mol. The number of hydrogen-bond acceptors (Lipinski definition) is 0. The first-order chi connectivity index (χ1) is 13.7. The van der Waals surface area contributed by atoms with Gasteiger partial charge in [-0.3, -0.25) is 0 Å². The van der Waals surface area contributed by atoms with Gasteiger partial charge in [0.2, 0.25) is 0 Å². The Morgan fingerprint density at radius 2 is 1.29 bits per heavy atom. The highest BCUT2D eigenvalue weighted by Gasteiger charge is 2.26. The molecule has 0 saturated heterocycles. The van der Waals surface area contributed by atoms with Crippen molar-refractivity contribution in [2.24, 2.45) is 0 Å². The summed E-state index contributed by atoms with van der Waals surface area (Å²) >= 11 is 0. The number of aryl methyl sites for hydroxylation is 2. The number of benzene rings is 3. The molecule has 0 bridgehead atoms. The molecule has 140 valence electrons. The van der Waals surface area contributed by atoms with Crippen LogP contribution >= 0.6 is 7.92 Å². The van der Waals surface area contributed by atoms with E-state index >= 15 is 0 Å². The van der Waals surface area contributed by atoms with Gasteiger partial charge >= 0.3 is 0 Å². The summed E-state index contributed by atoms with van der Waals surface area (Å²) in [6, 6.07) is 29.1. The zero-order valence-electron chi connectivity index (χ0n) is 16.9. The maximum atomic E-state index is 2.46. The van der Waals surface area contributed by atoms with E-state index in [1.54, 1.807) is 10.9 Å². The smallest absolute Gasteiger partial charge is 0.00744 e. The molecule has 0 amide bonds. The van der Waals surface area contributed by atoms with Crippen LogP contribution < -0.4 is 10.6 Å². The van der Waals surface area contributed by atoms with Crippen LogP contribution in [-0.4, -0.2) is 0 Å². The van der Waals surface area contributed by atoms with Gasteiger partial charge in [-0.05, 0) is 67.2 Å². The fourth-order valence-electron chi connectivity index (χ4n) is 4.26. The van der Waals surface area contributed by atoms with Gasteiger partial charge < -0.3 is 0 Å². The molecule has 3 aromatic carbocycles. The Labute approximate surface area is 170 Å². The van der Waals surface area contributed by atoms with E-state index in [1.165, 1.54) is 32.9 Å². The van der Waals surface area contributed by atoms with E-state index in [-0.39, 0.29) is 0 Å². The highest BCUT2D eigenvalue weighted by Crippen LogP contribution is 2.52. The maximum absolute atomic E-state index is 2.46. The molecule has 1 aliphatic carbocycles. The predicted octanol–water partition coefficient (Wildman–Crippen LogP) is 6.89. The number of rotatable bonds is 5. The van der Waals surface area contributed by atoms with E-state index in [0.29, 0.717) is 0 Å². The summed E-state index contributed by atoms with van der Waals surface area (Å²) in [5, 5.41) is 4.50. The molecule has 0 spiro atoms. The van der Waals surface area contributed by atoms with Gasteiger partial charge in [0, 0.05) is 0 Å². The molecule has 1 aliphatic rings. The van der Waals surface area contributed by atoms with Crippen LogP contribution in [0.1, 0.15) is 36.5 Å². The Hall–Kier alpha value is -2.43. The van der Waals surface area contributed by atoms with E-state index in [4.69, 9.17) is 0 Å². The highest BCUT2D eigenvalue weighted by atomic mass is 31.1. The van der Waals surface area contributed by atoms with Crippen LogP contribution in [0.3, 0.4) is 0 Å². The van der Waals surface area contributed by atoms with Gasteiger partial charge in [0.1, 0.15) is 0 Å². The summed E-state index contributed by atoms with van der Waals surface area (Å²) in [6.45, 7) is 6.70. The van der Waals surface area contributed by atoms with Gasteiger partial charge in [-0.15, -0.1) is 0 Å². The highest BCUT2D eigenvalue weighted by molar-refractivity contribution is 7.76. The first-order valence-corrected chi connectivity index (χ1v) is 11.4. The lowest BCUT2D eigenvalue weighted by molar-refractivity contribution is 1.15. The van der Waals surface area contributed by atoms with Crippen molar-refractivity contribution < 1.29 is 0 Å². The average Bonchev–Trinajstić information content (AvgIpc) is 3.13. The molecule has 0 nitrogen and oxygen atoms in total. The zero-order valence-corrected chi connectivity index (χ0v) is 17.8. The van der Waals surface area contributed by atoms with Crippen LogP contribution in [0.25, 0.3) is 5.57 Å². The molecule has 0 fully saturated rings. The normalized spacial score (nSPS) is 13.9. The molecule has 0 radical (unpaired) electrons. The van der Waals surface area contributed by atoms with E-state index in [0.717, 1.165) is 12.8 Å². The summed E-state index contributed by atoms with van der Waals surface area (Å²) in [6.07, 6.45) is 4.59. The largest absolute Gasteiger partial charge is 0.0719 e. The van der Waals surface area contributed by atoms with Crippen LogP contribution in [0.5, 0.6) is 0 Å². The predicted molar refractivity (Wildman–Crippen MR) is 125 cm³/mol. The fraction of sp³-hybridized carbons (Fsp3) is 0.185. The van der Waals surface area contributed by atoms with Crippen molar-refractivity contribution in [3.8, 4) is 0 Å². The lowest BCUT2D eigenvalue weighted by atomic mass is 9.96. The van der Waals surface area contributed by atoms with E-state index in [1.807, 2.05) is 0 Å². The van der Waals surface area contributed by atoms with Crippen LogP contribution in [0.2, 0.25) is 0 Å². The lowest BCUT2D eigenvalue weighted by Gasteiger charge is -2.23. The average molecular weight is 382 g/mol. The van der Waals surface area contributed by atoms with E-state index in [2.05, 4.69) is 106 Å². The van der Waals surface area contributed by atoms with Crippen molar-refractivity contribution in [3.05, 3.63) is 113 Å². The van der Waals surface area contributed by atoms with Gasteiger partial charge in [0.05, 0.1) is 0 Å². The van der Waals surface area contributed by atoms with E-state index in [9.17, 15) is 0 Å². The second-order valence-electron chi connectivity index (χ2n) is 7.48. The molecule has 0 unspecified atom stereocenters. The van der Waals surface area contributed by atoms with Gasteiger partial charge in [-0.1, -0.05) is 103 Å². The molecule has 0 heterocycles. The molecular weight excluding hydrogens is 355 g/mol. The van der Waals surface area contributed by atoms with Crippen LogP contribution in [0, 0.1) is 13.8 Å². The summed E-state index contributed by atoms with van der Waals surface area (Å²) in [4.78, 5) is 0. The second-order valence-corrected chi connectivity index (χ2v) is 9.73. The molecule has 0 aromatic heterocycles.